The molecule has 2 aromatic carbocycles. The second-order valence-corrected chi connectivity index (χ2v) is 6.17. The van der Waals surface area contributed by atoms with Crippen LogP contribution >= 0.6 is 23.2 Å². The average Bonchev–Trinajstić information content (AvgIpc) is 2.41. The molecular formula is C17H19Cl2NO. The van der Waals surface area contributed by atoms with Crippen LogP contribution in [0.5, 0.6) is 5.75 Å². The highest BCUT2D eigenvalue weighted by molar-refractivity contribution is 6.35. The van der Waals surface area contributed by atoms with Gasteiger partial charge in [-0.3, -0.25) is 0 Å². The van der Waals surface area contributed by atoms with Gasteiger partial charge >= 0.3 is 0 Å². The summed E-state index contributed by atoms with van der Waals surface area (Å²) in [5.41, 5.74) is 2.22. The van der Waals surface area contributed by atoms with E-state index >= 15 is 0 Å². The van der Waals surface area contributed by atoms with Crippen molar-refractivity contribution in [1.29, 1.82) is 0 Å². The van der Waals surface area contributed by atoms with Crippen LogP contribution < -0.4 is 5.32 Å². The molecule has 0 radical (unpaired) electrons. The lowest BCUT2D eigenvalue weighted by molar-refractivity contribution is 0.470. The Balaban J connectivity index is 1.98. The fourth-order valence-electron chi connectivity index (χ4n) is 2.41. The number of hydrogen-bond acceptors (Lipinski definition) is 2. The zero-order valence-corrected chi connectivity index (χ0v) is 13.6. The second-order valence-electron chi connectivity index (χ2n) is 5.33. The summed E-state index contributed by atoms with van der Waals surface area (Å²) < 4.78 is 0. The van der Waals surface area contributed by atoms with Gasteiger partial charge in [0.25, 0.3) is 0 Å². The van der Waals surface area contributed by atoms with E-state index in [1.54, 1.807) is 18.2 Å². The molecule has 0 fully saturated rings. The summed E-state index contributed by atoms with van der Waals surface area (Å²) in [6, 6.07) is 13.3. The molecule has 0 aliphatic carbocycles. The Morgan fingerprint density at radius 1 is 1.05 bits per heavy atom. The van der Waals surface area contributed by atoms with E-state index in [4.69, 9.17) is 23.2 Å². The highest BCUT2D eigenvalue weighted by Gasteiger charge is 2.13. The molecule has 2 atom stereocenters. The molecule has 0 bridgehead atoms. The maximum atomic E-state index is 9.30. The van der Waals surface area contributed by atoms with Crippen LogP contribution in [-0.4, -0.2) is 11.1 Å². The van der Waals surface area contributed by atoms with E-state index in [0.717, 1.165) is 12.0 Å². The third kappa shape index (κ3) is 4.63. The lowest BCUT2D eigenvalue weighted by atomic mass is 10.0. The number of nitrogens with one attached hydrogen (secondary N) is 1. The van der Waals surface area contributed by atoms with E-state index in [1.165, 1.54) is 5.56 Å². The van der Waals surface area contributed by atoms with Gasteiger partial charge in [0.15, 0.2) is 0 Å². The number of hydrogen-bond donors (Lipinski definition) is 2. The summed E-state index contributed by atoms with van der Waals surface area (Å²) in [6.45, 7) is 4.22. The van der Waals surface area contributed by atoms with Crippen molar-refractivity contribution in [2.75, 3.05) is 0 Å². The molecule has 2 N–H and O–H groups in total. The molecule has 2 rings (SSSR count). The summed E-state index contributed by atoms with van der Waals surface area (Å²) in [6.07, 6.45) is 0.885. The maximum Gasteiger partial charge on any atom is 0.115 e. The topological polar surface area (TPSA) is 32.3 Å². The Morgan fingerprint density at radius 3 is 2.33 bits per heavy atom. The third-order valence-electron chi connectivity index (χ3n) is 3.44. The predicted molar refractivity (Wildman–Crippen MR) is 89.3 cm³/mol. The van der Waals surface area contributed by atoms with Crippen LogP contribution in [-0.2, 0) is 6.42 Å². The van der Waals surface area contributed by atoms with Crippen LogP contribution in [0.4, 0.5) is 0 Å². The number of halogens is 2. The molecule has 2 aromatic rings. The molecule has 21 heavy (non-hydrogen) atoms. The highest BCUT2D eigenvalue weighted by Crippen LogP contribution is 2.26. The summed E-state index contributed by atoms with van der Waals surface area (Å²) in [4.78, 5) is 0. The number of phenols is 1. The fraction of sp³-hybridized carbons (Fsp3) is 0.294. The van der Waals surface area contributed by atoms with Crippen LogP contribution in [0.1, 0.15) is 31.0 Å². The smallest absolute Gasteiger partial charge is 0.115 e. The molecule has 0 amide bonds. The Morgan fingerprint density at radius 2 is 1.71 bits per heavy atom. The van der Waals surface area contributed by atoms with Gasteiger partial charge in [-0.05, 0) is 55.7 Å². The lowest BCUT2D eigenvalue weighted by Gasteiger charge is -2.21. The molecule has 4 heteroatoms. The van der Waals surface area contributed by atoms with Gasteiger partial charge in [0.05, 0.1) is 0 Å². The molecule has 0 saturated carbocycles. The molecule has 0 aliphatic heterocycles. The average molecular weight is 324 g/mol. The molecule has 0 saturated heterocycles. The van der Waals surface area contributed by atoms with E-state index in [-0.39, 0.29) is 12.1 Å². The Kier molecular flexibility index (Phi) is 5.51. The van der Waals surface area contributed by atoms with Crippen molar-refractivity contribution in [3.63, 3.8) is 0 Å². The second kappa shape index (κ2) is 7.17. The summed E-state index contributed by atoms with van der Waals surface area (Å²) >= 11 is 12.2. The minimum Gasteiger partial charge on any atom is -0.508 e. The van der Waals surface area contributed by atoms with E-state index in [2.05, 4.69) is 19.2 Å². The SMILES string of the molecule is CC(Cc1ccc(O)cc1)NC(C)c1ccc(Cl)cc1Cl. The largest absolute Gasteiger partial charge is 0.508 e. The summed E-state index contributed by atoms with van der Waals surface area (Å²) in [5.74, 6) is 0.292. The molecule has 0 aliphatic rings. The minimum atomic E-state index is 0.141. The van der Waals surface area contributed by atoms with Gasteiger partial charge < -0.3 is 10.4 Å². The highest BCUT2D eigenvalue weighted by atomic mass is 35.5. The standard InChI is InChI=1S/C17H19Cl2NO/c1-11(9-13-3-6-15(21)7-4-13)20-12(2)16-8-5-14(18)10-17(16)19/h3-8,10-12,20-21H,9H2,1-2H3. The van der Waals surface area contributed by atoms with Crippen molar-refractivity contribution < 1.29 is 5.11 Å². The predicted octanol–water partition coefficient (Wildman–Crippen LogP) is 4.98. The minimum absolute atomic E-state index is 0.141. The Labute approximate surface area is 135 Å². The van der Waals surface area contributed by atoms with Gasteiger partial charge in [0, 0.05) is 22.1 Å². The third-order valence-corrected chi connectivity index (χ3v) is 4.00. The van der Waals surface area contributed by atoms with Gasteiger partial charge in [-0.15, -0.1) is 0 Å². The zero-order chi connectivity index (χ0) is 15.4. The quantitative estimate of drug-likeness (QED) is 0.813. The van der Waals surface area contributed by atoms with Gasteiger partial charge in [-0.1, -0.05) is 41.4 Å². The van der Waals surface area contributed by atoms with Crippen LogP contribution in [0.25, 0.3) is 0 Å². The van der Waals surface area contributed by atoms with Crippen LogP contribution in [0.2, 0.25) is 10.0 Å². The van der Waals surface area contributed by atoms with E-state index in [1.807, 2.05) is 24.3 Å². The Bertz CT molecular complexity index is 598. The number of benzene rings is 2. The Hall–Kier alpha value is -1.22. The molecule has 0 aromatic heterocycles. The van der Waals surface area contributed by atoms with E-state index in [0.29, 0.717) is 15.8 Å². The number of phenolic OH excluding ortho intramolecular Hbond substituents is 1. The van der Waals surface area contributed by atoms with Gasteiger partial charge in [-0.25, -0.2) is 0 Å². The van der Waals surface area contributed by atoms with Gasteiger partial charge in [0.1, 0.15) is 5.75 Å². The maximum absolute atomic E-state index is 9.30. The summed E-state index contributed by atoms with van der Waals surface area (Å²) in [5, 5.41) is 14.2. The van der Waals surface area contributed by atoms with Gasteiger partial charge in [-0.2, -0.15) is 0 Å². The first kappa shape index (κ1) is 16.2. The van der Waals surface area contributed by atoms with E-state index < -0.39 is 0 Å². The molecule has 2 nitrogen and oxygen atoms in total. The van der Waals surface area contributed by atoms with Crippen molar-refractivity contribution in [3.8, 4) is 5.75 Å². The van der Waals surface area contributed by atoms with Crippen LogP contribution in [0.15, 0.2) is 42.5 Å². The summed E-state index contributed by atoms with van der Waals surface area (Å²) in [7, 11) is 0. The first-order valence-electron chi connectivity index (χ1n) is 6.94. The van der Waals surface area contributed by atoms with Crippen LogP contribution in [0, 0.1) is 0 Å². The monoisotopic (exact) mass is 323 g/mol. The van der Waals surface area contributed by atoms with Crippen molar-refractivity contribution in [2.24, 2.45) is 0 Å². The fourth-order valence-corrected chi connectivity index (χ4v) is 2.99. The normalized spacial score (nSPS) is 13.9. The van der Waals surface area contributed by atoms with Crippen molar-refractivity contribution in [2.45, 2.75) is 32.4 Å². The lowest BCUT2D eigenvalue weighted by Crippen LogP contribution is -2.30. The zero-order valence-electron chi connectivity index (χ0n) is 12.1. The molecule has 0 spiro atoms. The first-order chi connectivity index (χ1) is 9.95. The molecular weight excluding hydrogens is 305 g/mol. The first-order valence-corrected chi connectivity index (χ1v) is 7.70. The van der Waals surface area contributed by atoms with Gasteiger partial charge in [0.2, 0.25) is 0 Å². The molecule has 0 heterocycles. The van der Waals surface area contributed by atoms with Crippen molar-refractivity contribution >= 4 is 23.2 Å². The van der Waals surface area contributed by atoms with Crippen molar-refractivity contribution in [3.05, 3.63) is 63.6 Å². The van der Waals surface area contributed by atoms with Crippen LogP contribution in [0.3, 0.4) is 0 Å². The van der Waals surface area contributed by atoms with E-state index in [9.17, 15) is 5.11 Å². The molecule has 112 valence electrons. The molecule has 2 unspecified atom stereocenters. The number of rotatable bonds is 5. The number of aromatic hydroxyl groups is 1. The van der Waals surface area contributed by atoms with Crippen molar-refractivity contribution in [1.82, 2.24) is 5.32 Å².